The topological polar surface area (TPSA) is 58.4 Å². The Bertz CT molecular complexity index is 1410. The van der Waals surface area contributed by atoms with E-state index in [4.69, 9.17) is 13.9 Å². The van der Waals surface area contributed by atoms with Gasteiger partial charge in [0.15, 0.2) is 5.76 Å². The van der Waals surface area contributed by atoms with Crippen LogP contribution in [0.3, 0.4) is 0 Å². The molecule has 5 rings (SSSR count). The number of carbonyl (C=O) groups is 1. The number of piperazine rings is 1. The van der Waals surface area contributed by atoms with E-state index in [0.717, 1.165) is 41.4 Å². The molecule has 0 aliphatic carbocycles. The summed E-state index contributed by atoms with van der Waals surface area (Å²) in [7, 11) is 1.66. The number of benzene rings is 3. The summed E-state index contributed by atoms with van der Waals surface area (Å²) in [5.41, 5.74) is 3.08. The van der Waals surface area contributed by atoms with Gasteiger partial charge in [-0.3, -0.25) is 9.69 Å². The molecule has 0 N–H and O–H groups in total. The number of methoxy groups -OCH3 is 1. The highest BCUT2D eigenvalue weighted by Crippen LogP contribution is 2.23. The first kappa shape index (κ1) is 28.2. The summed E-state index contributed by atoms with van der Waals surface area (Å²) in [5.74, 6) is 2.31. The lowest BCUT2D eigenvalue weighted by Crippen LogP contribution is -2.48. The zero-order valence-electron chi connectivity index (χ0n) is 23.6. The Morgan fingerprint density at radius 1 is 0.854 bits per heavy atom. The second-order valence-electron chi connectivity index (χ2n) is 10.1. The van der Waals surface area contributed by atoms with E-state index in [9.17, 15) is 9.18 Å². The van der Waals surface area contributed by atoms with Gasteiger partial charge >= 0.3 is 0 Å². The molecular formula is C33H36FN3O4. The van der Waals surface area contributed by atoms with E-state index >= 15 is 0 Å². The van der Waals surface area contributed by atoms with Gasteiger partial charge in [0.05, 0.1) is 20.3 Å². The average molecular weight is 558 g/mol. The van der Waals surface area contributed by atoms with Gasteiger partial charge in [0, 0.05) is 45.0 Å². The minimum atomic E-state index is -0.263. The molecule has 1 saturated heterocycles. The monoisotopic (exact) mass is 557 g/mol. The van der Waals surface area contributed by atoms with Gasteiger partial charge in [0.25, 0.3) is 5.91 Å². The molecule has 8 heteroatoms. The van der Waals surface area contributed by atoms with Gasteiger partial charge < -0.3 is 23.7 Å². The first-order valence-electron chi connectivity index (χ1n) is 14.0. The molecular weight excluding hydrogens is 521 g/mol. The third kappa shape index (κ3) is 7.46. The lowest BCUT2D eigenvalue weighted by molar-refractivity contribution is 0.0710. The Balaban J connectivity index is 1.22. The van der Waals surface area contributed by atoms with E-state index in [1.165, 1.54) is 6.07 Å². The number of rotatable bonds is 11. The lowest BCUT2D eigenvalue weighted by Gasteiger charge is -2.35. The van der Waals surface area contributed by atoms with Gasteiger partial charge in [-0.05, 0) is 78.7 Å². The molecule has 1 amide bonds. The van der Waals surface area contributed by atoms with Crippen molar-refractivity contribution < 1.29 is 23.1 Å². The van der Waals surface area contributed by atoms with Gasteiger partial charge in [0.2, 0.25) is 0 Å². The fourth-order valence-electron chi connectivity index (χ4n) is 5.09. The zero-order valence-corrected chi connectivity index (χ0v) is 23.6. The predicted molar refractivity (Wildman–Crippen MR) is 157 cm³/mol. The molecule has 214 valence electrons. The molecule has 7 nitrogen and oxygen atoms in total. The summed E-state index contributed by atoms with van der Waals surface area (Å²) >= 11 is 0. The first-order valence-corrected chi connectivity index (χ1v) is 14.0. The molecule has 0 atom stereocenters. The van der Waals surface area contributed by atoms with Gasteiger partial charge in [-0.2, -0.15) is 0 Å². The second kappa shape index (κ2) is 13.4. The minimum absolute atomic E-state index is 0.103. The predicted octanol–water partition coefficient (Wildman–Crippen LogP) is 5.99. The number of hydrogen-bond donors (Lipinski definition) is 0. The number of ether oxygens (including phenoxy) is 2. The number of amides is 1. The summed E-state index contributed by atoms with van der Waals surface area (Å²) in [5, 5.41) is 0. The molecule has 1 fully saturated rings. The smallest absolute Gasteiger partial charge is 0.289 e. The van der Waals surface area contributed by atoms with Crippen LogP contribution in [0.5, 0.6) is 11.5 Å². The van der Waals surface area contributed by atoms with E-state index in [0.29, 0.717) is 50.9 Å². The minimum Gasteiger partial charge on any atom is -0.497 e. The maximum absolute atomic E-state index is 13.9. The van der Waals surface area contributed by atoms with Crippen molar-refractivity contribution in [3.8, 4) is 11.5 Å². The number of hydrogen-bond acceptors (Lipinski definition) is 6. The highest BCUT2D eigenvalue weighted by atomic mass is 19.1. The van der Waals surface area contributed by atoms with Gasteiger partial charge in [-0.15, -0.1) is 0 Å². The summed E-state index contributed by atoms with van der Waals surface area (Å²) in [6.07, 6.45) is 0. The van der Waals surface area contributed by atoms with Crippen molar-refractivity contribution >= 4 is 11.6 Å². The molecule has 4 aromatic rings. The summed E-state index contributed by atoms with van der Waals surface area (Å²) in [6, 6.07) is 26.2. The van der Waals surface area contributed by atoms with Crippen LogP contribution in [-0.2, 0) is 19.6 Å². The number of carbonyl (C=O) groups excluding carboxylic acids is 1. The normalized spacial score (nSPS) is 13.5. The van der Waals surface area contributed by atoms with E-state index in [2.05, 4.69) is 9.80 Å². The van der Waals surface area contributed by atoms with Crippen molar-refractivity contribution in [1.29, 1.82) is 0 Å². The maximum Gasteiger partial charge on any atom is 0.289 e. The van der Waals surface area contributed by atoms with Crippen molar-refractivity contribution in [2.75, 3.05) is 44.8 Å². The molecule has 41 heavy (non-hydrogen) atoms. The van der Waals surface area contributed by atoms with Gasteiger partial charge in [-0.1, -0.05) is 24.3 Å². The fraction of sp³-hybridized carbons (Fsp3) is 0.303. The molecule has 0 unspecified atom stereocenters. The standard InChI is InChI=1S/C33H36FN3O4/c1-3-40-30-11-7-25(8-12-30)22-35(23-26-5-4-6-27(34)21-26)24-31-15-16-32(41-31)33(38)37-19-17-36(18-20-37)28-9-13-29(39-2)14-10-28/h4-16,21H,3,17-20,22-24H2,1-2H3. The number of furan rings is 1. The van der Waals surface area contributed by atoms with Crippen LogP contribution in [0.25, 0.3) is 0 Å². The SMILES string of the molecule is CCOc1ccc(CN(Cc2cccc(F)c2)Cc2ccc(C(=O)N3CCN(c4ccc(OC)cc4)CC3)o2)cc1. The van der Waals surface area contributed by atoms with Crippen LogP contribution in [-0.4, -0.2) is 55.6 Å². The summed E-state index contributed by atoms with van der Waals surface area (Å²) < 4.78 is 30.8. The van der Waals surface area contributed by atoms with Crippen molar-refractivity contribution in [3.63, 3.8) is 0 Å². The Hall–Kier alpha value is -4.30. The van der Waals surface area contributed by atoms with E-state index in [-0.39, 0.29) is 11.7 Å². The lowest BCUT2D eigenvalue weighted by atomic mass is 10.1. The third-order valence-corrected chi connectivity index (χ3v) is 7.19. The van der Waals surface area contributed by atoms with Crippen molar-refractivity contribution in [2.45, 2.75) is 26.6 Å². The zero-order chi connectivity index (χ0) is 28.6. The van der Waals surface area contributed by atoms with E-state index < -0.39 is 0 Å². The average Bonchev–Trinajstić information content (AvgIpc) is 3.46. The van der Waals surface area contributed by atoms with Crippen molar-refractivity contribution in [2.24, 2.45) is 0 Å². The van der Waals surface area contributed by atoms with Crippen LogP contribution >= 0.6 is 0 Å². The largest absolute Gasteiger partial charge is 0.497 e. The molecule has 3 aromatic carbocycles. The van der Waals surface area contributed by atoms with Gasteiger partial charge in [0.1, 0.15) is 23.1 Å². The quantitative estimate of drug-likeness (QED) is 0.226. The Morgan fingerprint density at radius 3 is 2.24 bits per heavy atom. The molecule has 1 aromatic heterocycles. The highest BCUT2D eigenvalue weighted by molar-refractivity contribution is 5.91. The Morgan fingerprint density at radius 2 is 1.56 bits per heavy atom. The Kier molecular flexibility index (Phi) is 9.21. The van der Waals surface area contributed by atoms with E-state index in [1.807, 2.05) is 72.5 Å². The van der Waals surface area contributed by atoms with Crippen LogP contribution in [0.2, 0.25) is 0 Å². The van der Waals surface area contributed by atoms with Gasteiger partial charge in [-0.25, -0.2) is 4.39 Å². The van der Waals surface area contributed by atoms with Crippen LogP contribution in [0.15, 0.2) is 89.3 Å². The number of halogens is 1. The third-order valence-electron chi connectivity index (χ3n) is 7.19. The number of anilines is 1. The van der Waals surface area contributed by atoms with Crippen LogP contribution in [0.4, 0.5) is 10.1 Å². The molecule has 0 saturated carbocycles. The number of nitrogens with zero attached hydrogens (tertiary/aromatic N) is 3. The highest BCUT2D eigenvalue weighted by Gasteiger charge is 2.25. The van der Waals surface area contributed by atoms with Crippen molar-refractivity contribution in [3.05, 3.63) is 113 Å². The van der Waals surface area contributed by atoms with Crippen LogP contribution in [0.1, 0.15) is 34.4 Å². The van der Waals surface area contributed by atoms with Crippen LogP contribution < -0.4 is 14.4 Å². The molecule has 1 aliphatic rings. The summed E-state index contributed by atoms with van der Waals surface area (Å²) in [6.45, 7) is 6.92. The fourth-order valence-corrected chi connectivity index (χ4v) is 5.09. The first-order chi connectivity index (χ1) is 20.0. The molecule has 2 heterocycles. The van der Waals surface area contributed by atoms with E-state index in [1.54, 1.807) is 25.3 Å². The van der Waals surface area contributed by atoms with Crippen molar-refractivity contribution in [1.82, 2.24) is 9.80 Å². The maximum atomic E-state index is 13.9. The summed E-state index contributed by atoms with van der Waals surface area (Å²) in [4.78, 5) is 19.5. The Labute approximate surface area is 240 Å². The molecule has 0 spiro atoms. The van der Waals surface area contributed by atoms with Crippen LogP contribution in [0, 0.1) is 5.82 Å². The molecule has 0 bridgehead atoms. The molecule has 1 aliphatic heterocycles. The second-order valence-corrected chi connectivity index (χ2v) is 10.1. The molecule has 0 radical (unpaired) electrons.